The minimum atomic E-state index is -1.23. The Morgan fingerprint density at radius 1 is 1.20 bits per heavy atom. The predicted molar refractivity (Wildman–Crippen MR) is 125 cm³/mol. The van der Waals surface area contributed by atoms with Crippen molar-refractivity contribution in [2.24, 2.45) is 0 Å². The lowest BCUT2D eigenvalue weighted by atomic mass is 10.0. The first-order valence-electron chi connectivity index (χ1n) is 10.4. The van der Waals surface area contributed by atoms with Crippen molar-refractivity contribution in [1.29, 1.82) is 0 Å². The Hall–Kier alpha value is -3.97. The SMILES string of the molecule is O=C(O)c1csc(NC(=O)[C@H](Cc2ccsc2)N2C(=O)N[C@H](c3ccc4c(c3)OCCO4)C2=O)n1. The molecule has 3 N–H and O–H groups in total. The van der Waals surface area contributed by atoms with Crippen LogP contribution < -0.4 is 20.1 Å². The Bertz CT molecular complexity index is 1310. The molecular weight excluding hydrogens is 496 g/mol. The van der Waals surface area contributed by atoms with E-state index in [-0.39, 0.29) is 17.2 Å². The summed E-state index contributed by atoms with van der Waals surface area (Å²) in [7, 11) is 0. The number of aromatic carboxylic acids is 1. The van der Waals surface area contributed by atoms with Gasteiger partial charge in [-0.25, -0.2) is 19.5 Å². The number of carbonyl (C=O) groups is 4. The van der Waals surface area contributed by atoms with E-state index in [4.69, 9.17) is 14.6 Å². The lowest BCUT2D eigenvalue weighted by Gasteiger charge is -2.24. The van der Waals surface area contributed by atoms with Gasteiger partial charge in [-0.1, -0.05) is 6.07 Å². The van der Waals surface area contributed by atoms with E-state index in [0.29, 0.717) is 30.3 Å². The number of benzene rings is 1. The molecule has 11 nitrogen and oxygen atoms in total. The first-order valence-corrected chi connectivity index (χ1v) is 12.3. The number of nitrogens with zero attached hydrogens (tertiary/aromatic N) is 2. The number of amides is 4. The van der Waals surface area contributed by atoms with Crippen LogP contribution in [0.3, 0.4) is 0 Å². The molecule has 0 aliphatic carbocycles. The molecule has 2 atom stereocenters. The average Bonchev–Trinajstić information content (AvgIpc) is 3.59. The van der Waals surface area contributed by atoms with Crippen molar-refractivity contribution in [2.45, 2.75) is 18.5 Å². The summed E-state index contributed by atoms with van der Waals surface area (Å²) in [5.74, 6) is -1.46. The number of thiophene rings is 1. The second-order valence-electron chi connectivity index (χ2n) is 7.68. The zero-order valence-corrected chi connectivity index (χ0v) is 19.6. The van der Waals surface area contributed by atoms with Gasteiger partial charge in [0.25, 0.3) is 5.91 Å². The van der Waals surface area contributed by atoms with Crippen molar-refractivity contribution in [2.75, 3.05) is 18.5 Å². The number of aromatic nitrogens is 1. The molecule has 2 aliphatic rings. The number of carboxylic acids is 1. The summed E-state index contributed by atoms with van der Waals surface area (Å²) in [6, 6.07) is 3.87. The number of fused-ring (bicyclic) bond motifs is 1. The minimum Gasteiger partial charge on any atom is -0.486 e. The summed E-state index contributed by atoms with van der Waals surface area (Å²) in [6.07, 6.45) is 0.0829. The average molecular weight is 515 g/mol. The zero-order valence-electron chi connectivity index (χ0n) is 17.9. The number of nitrogens with one attached hydrogen (secondary N) is 2. The standard InChI is InChI=1S/C22H18N4O7S2/c27-18(25-21-23-13(10-35-21)20(29)30)14(7-11-3-6-34-9-11)26-19(28)17(24-22(26)31)12-1-2-15-16(8-12)33-5-4-32-15/h1-3,6,8-10,14,17H,4-5,7H2,(H,24,31)(H,29,30)(H,23,25,27)/t14-,17+/m0/s1. The molecular formula is C22H18N4O7S2. The zero-order chi connectivity index (χ0) is 24.5. The fourth-order valence-corrected chi connectivity index (χ4v) is 5.17. The van der Waals surface area contributed by atoms with Crippen LogP contribution >= 0.6 is 22.7 Å². The Morgan fingerprint density at radius 2 is 2.00 bits per heavy atom. The fraction of sp³-hybridized carbons (Fsp3) is 0.227. The molecule has 0 bridgehead atoms. The van der Waals surface area contributed by atoms with Crippen LogP contribution in [-0.2, 0) is 16.0 Å². The maximum Gasteiger partial charge on any atom is 0.355 e. The molecule has 1 saturated heterocycles. The molecule has 2 aromatic heterocycles. The van der Waals surface area contributed by atoms with E-state index in [9.17, 15) is 19.2 Å². The molecule has 0 radical (unpaired) electrons. The van der Waals surface area contributed by atoms with E-state index in [1.807, 2.05) is 10.8 Å². The molecule has 3 aromatic rings. The van der Waals surface area contributed by atoms with Gasteiger partial charge in [0.05, 0.1) is 0 Å². The monoisotopic (exact) mass is 514 g/mol. The highest BCUT2D eigenvalue weighted by Gasteiger charge is 2.45. The molecule has 4 heterocycles. The Labute approximate surface area is 206 Å². The number of rotatable bonds is 7. The Balaban J connectivity index is 1.41. The second kappa shape index (κ2) is 9.35. The maximum absolute atomic E-state index is 13.4. The molecule has 0 unspecified atom stereocenters. The smallest absolute Gasteiger partial charge is 0.355 e. The number of anilines is 1. The molecule has 5 rings (SSSR count). The topological polar surface area (TPSA) is 147 Å². The molecule has 2 aliphatic heterocycles. The van der Waals surface area contributed by atoms with Gasteiger partial charge in [0, 0.05) is 11.8 Å². The van der Waals surface area contributed by atoms with E-state index in [0.717, 1.165) is 21.8 Å². The number of ether oxygens (including phenoxy) is 2. The molecule has 1 fully saturated rings. The number of imide groups is 1. The molecule has 13 heteroatoms. The van der Waals surface area contributed by atoms with Crippen LogP contribution in [0.25, 0.3) is 0 Å². The summed E-state index contributed by atoms with van der Waals surface area (Å²) >= 11 is 2.36. The molecule has 180 valence electrons. The van der Waals surface area contributed by atoms with Gasteiger partial charge in [-0.3, -0.25) is 9.59 Å². The highest BCUT2D eigenvalue weighted by molar-refractivity contribution is 7.14. The van der Waals surface area contributed by atoms with Crippen molar-refractivity contribution in [3.63, 3.8) is 0 Å². The Morgan fingerprint density at radius 3 is 2.71 bits per heavy atom. The van der Waals surface area contributed by atoms with Gasteiger partial charge in [0.2, 0.25) is 5.91 Å². The lowest BCUT2D eigenvalue weighted by molar-refractivity contribution is -0.134. The number of hydrogen-bond donors (Lipinski definition) is 3. The summed E-state index contributed by atoms with van der Waals surface area (Å²) < 4.78 is 11.1. The van der Waals surface area contributed by atoms with Crippen molar-refractivity contribution in [3.8, 4) is 11.5 Å². The van der Waals surface area contributed by atoms with Crippen LogP contribution in [0.2, 0.25) is 0 Å². The third-order valence-electron chi connectivity index (χ3n) is 5.45. The Kier molecular flexibility index (Phi) is 6.09. The fourth-order valence-electron chi connectivity index (χ4n) is 3.81. The van der Waals surface area contributed by atoms with Gasteiger partial charge in [0.15, 0.2) is 22.3 Å². The molecule has 0 saturated carbocycles. The van der Waals surface area contributed by atoms with Gasteiger partial charge < -0.3 is 25.2 Å². The number of hydrogen-bond acceptors (Lipinski definition) is 9. The van der Waals surface area contributed by atoms with Crippen LogP contribution in [0.15, 0.2) is 40.4 Å². The number of urea groups is 1. The predicted octanol–water partition coefficient (Wildman–Crippen LogP) is 2.52. The normalized spacial score (nSPS) is 17.7. The van der Waals surface area contributed by atoms with E-state index in [1.54, 1.807) is 24.3 Å². The third kappa shape index (κ3) is 4.55. The van der Waals surface area contributed by atoms with E-state index >= 15 is 0 Å². The van der Waals surface area contributed by atoms with Crippen molar-refractivity contribution >= 4 is 51.6 Å². The molecule has 4 amide bonds. The van der Waals surface area contributed by atoms with Crippen LogP contribution in [0.5, 0.6) is 11.5 Å². The molecule has 1 aromatic carbocycles. The second-order valence-corrected chi connectivity index (χ2v) is 9.32. The molecule has 0 spiro atoms. The number of thiazole rings is 1. The largest absolute Gasteiger partial charge is 0.486 e. The van der Waals surface area contributed by atoms with Crippen molar-refractivity contribution < 1.29 is 33.8 Å². The van der Waals surface area contributed by atoms with Gasteiger partial charge in [-0.2, -0.15) is 11.3 Å². The first kappa shape index (κ1) is 22.8. The quantitative estimate of drug-likeness (QED) is 0.408. The van der Waals surface area contributed by atoms with Crippen molar-refractivity contribution in [1.82, 2.24) is 15.2 Å². The minimum absolute atomic E-state index is 0.0539. The number of carboxylic acid groups (broad SMARTS) is 1. The lowest BCUT2D eigenvalue weighted by Crippen LogP contribution is -2.49. The van der Waals surface area contributed by atoms with Crippen LogP contribution in [0, 0.1) is 0 Å². The highest BCUT2D eigenvalue weighted by Crippen LogP contribution is 2.35. The highest BCUT2D eigenvalue weighted by atomic mass is 32.1. The summed E-state index contributed by atoms with van der Waals surface area (Å²) in [4.78, 5) is 55.5. The van der Waals surface area contributed by atoms with Gasteiger partial charge in [0.1, 0.15) is 25.3 Å². The third-order valence-corrected chi connectivity index (χ3v) is 6.94. The van der Waals surface area contributed by atoms with Gasteiger partial charge in [-0.05, 0) is 40.1 Å². The van der Waals surface area contributed by atoms with Gasteiger partial charge >= 0.3 is 12.0 Å². The van der Waals surface area contributed by atoms with E-state index < -0.39 is 35.9 Å². The summed E-state index contributed by atoms with van der Waals surface area (Å²) in [5, 5.41) is 19.3. The summed E-state index contributed by atoms with van der Waals surface area (Å²) in [5.41, 5.74) is 1.05. The van der Waals surface area contributed by atoms with Crippen LogP contribution in [0.4, 0.5) is 9.93 Å². The molecule has 35 heavy (non-hydrogen) atoms. The van der Waals surface area contributed by atoms with E-state index in [2.05, 4.69) is 15.6 Å². The van der Waals surface area contributed by atoms with Crippen LogP contribution in [0.1, 0.15) is 27.7 Å². The van der Waals surface area contributed by atoms with Gasteiger partial charge in [-0.15, -0.1) is 11.3 Å². The van der Waals surface area contributed by atoms with Crippen molar-refractivity contribution in [3.05, 3.63) is 57.2 Å². The first-order chi connectivity index (χ1) is 16.9. The van der Waals surface area contributed by atoms with E-state index in [1.165, 1.54) is 16.7 Å². The van der Waals surface area contributed by atoms with Crippen LogP contribution in [-0.4, -0.2) is 58.1 Å². The summed E-state index contributed by atoms with van der Waals surface area (Å²) in [6.45, 7) is 0.794. The number of carbonyl (C=O) groups excluding carboxylic acids is 3. The maximum atomic E-state index is 13.4.